The second-order valence-corrected chi connectivity index (χ2v) is 6.96. The Morgan fingerprint density at radius 3 is 2.33 bits per heavy atom. The Morgan fingerprint density at radius 1 is 0.967 bits per heavy atom. The van der Waals surface area contributed by atoms with Crippen LogP contribution < -0.4 is 10.1 Å². The SMILES string of the molecule is O=C(COc1ccc(-c2nnco2)cc1)NC(c1ccccc1)c1ccc(Cl)cc1. The molecular formula is C23H18ClN3O3. The highest BCUT2D eigenvalue weighted by Crippen LogP contribution is 2.24. The molecule has 0 saturated carbocycles. The topological polar surface area (TPSA) is 77.2 Å². The summed E-state index contributed by atoms with van der Waals surface area (Å²) < 4.78 is 10.8. The zero-order chi connectivity index (χ0) is 20.8. The molecule has 0 radical (unpaired) electrons. The molecule has 3 aromatic carbocycles. The van der Waals surface area contributed by atoms with E-state index >= 15 is 0 Å². The first-order valence-electron chi connectivity index (χ1n) is 9.28. The minimum absolute atomic E-state index is 0.114. The Balaban J connectivity index is 1.42. The van der Waals surface area contributed by atoms with Gasteiger partial charge in [-0.15, -0.1) is 10.2 Å². The van der Waals surface area contributed by atoms with Crippen molar-refractivity contribution in [3.05, 3.63) is 101 Å². The van der Waals surface area contributed by atoms with Crippen LogP contribution in [0.5, 0.6) is 5.75 Å². The number of aromatic nitrogens is 2. The molecule has 4 aromatic rings. The molecule has 1 heterocycles. The molecule has 1 amide bonds. The first-order chi connectivity index (χ1) is 14.7. The van der Waals surface area contributed by atoms with Crippen LogP contribution in [0.3, 0.4) is 0 Å². The van der Waals surface area contributed by atoms with Gasteiger partial charge >= 0.3 is 0 Å². The lowest BCUT2D eigenvalue weighted by Gasteiger charge is -2.20. The fraction of sp³-hybridized carbons (Fsp3) is 0.0870. The van der Waals surface area contributed by atoms with Gasteiger partial charge in [0.25, 0.3) is 5.91 Å². The number of carbonyl (C=O) groups is 1. The predicted octanol–water partition coefficient (Wildman–Crippen LogP) is 4.67. The number of nitrogens with zero attached hydrogens (tertiary/aromatic N) is 2. The van der Waals surface area contributed by atoms with Gasteiger partial charge in [0.2, 0.25) is 12.3 Å². The van der Waals surface area contributed by atoms with E-state index < -0.39 is 0 Å². The fourth-order valence-corrected chi connectivity index (χ4v) is 3.13. The van der Waals surface area contributed by atoms with Gasteiger partial charge in [0.05, 0.1) is 6.04 Å². The van der Waals surface area contributed by atoms with Gasteiger partial charge in [-0.1, -0.05) is 54.1 Å². The summed E-state index contributed by atoms with van der Waals surface area (Å²) in [5.74, 6) is 0.754. The van der Waals surface area contributed by atoms with Crippen molar-refractivity contribution < 1.29 is 13.9 Å². The summed E-state index contributed by atoms with van der Waals surface area (Å²) in [5, 5.41) is 11.2. The van der Waals surface area contributed by atoms with Crippen LogP contribution in [0.25, 0.3) is 11.5 Å². The summed E-state index contributed by atoms with van der Waals surface area (Å²) in [4.78, 5) is 12.6. The van der Waals surface area contributed by atoms with Crippen LogP contribution in [0, 0.1) is 0 Å². The van der Waals surface area contributed by atoms with Crippen molar-refractivity contribution in [1.82, 2.24) is 15.5 Å². The molecule has 0 spiro atoms. The number of ether oxygens (including phenoxy) is 1. The summed E-state index contributed by atoms with van der Waals surface area (Å²) >= 11 is 6.01. The molecule has 1 atom stereocenters. The van der Waals surface area contributed by atoms with E-state index in [9.17, 15) is 4.79 Å². The Bertz CT molecular complexity index is 1080. The predicted molar refractivity (Wildman–Crippen MR) is 113 cm³/mol. The zero-order valence-corrected chi connectivity index (χ0v) is 16.6. The van der Waals surface area contributed by atoms with Crippen LogP contribution in [0.15, 0.2) is 89.7 Å². The molecule has 0 bridgehead atoms. The lowest BCUT2D eigenvalue weighted by atomic mass is 9.99. The molecule has 0 aliphatic heterocycles. The van der Waals surface area contributed by atoms with Crippen molar-refractivity contribution in [2.45, 2.75) is 6.04 Å². The molecule has 0 fully saturated rings. The second-order valence-electron chi connectivity index (χ2n) is 6.52. The monoisotopic (exact) mass is 419 g/mol. The molecule has 30 heavy (non-hydrogen) atoms. The molecule has 7 heteroatoms. The molecule has 1 N–H and O–H groups in total. The molecule has 0 saturated heterocycles. The van der Waals surface area contributed by atoms with Crippen LogP contribution in [0.4, 0.5) is 0 Å². The van der Waals surface area contributed by atoms with E-state index in [1.54, 1.807) is 36.4 Å². The highest BCUT2D eigenvalue weighted by molar-refractivity contribution is 6.30. The average molecular weight is 420 g/mol. The summed E-state index contributed by atoms with van der Waals surface area (Å²) in [5.41, 5.74) is 2.68. The highest BCUT2D eigenvalue weighted by atomic mass is 35.5. The number of hydrogen-bond acceptors (Lipinski definition) is 5. The standard InChI is InChI=1S/C23H18ClN3O3/c24-19-10-6-17(7-11-19)22(16-4-2-1-3-5-16)26-21(28)14-29-20-12-8-18(9-13-20)23-27-25-15-30-23/h1-13,15,22H,14H2,(H,26,28). The molecule has 0 aliphatic carbocycles. The molecular weight excluding hydrogens is 402 g/mol. The number of hydrogen-bond donors (Lipinski definition) is 1. The van der Waals surface area contributed by atoms with Gasteiger partial charge in [-0.05, 0) is 47.5 Å². The van der Waals surface area contributed by atoms with Gasteiger partial charge in [0.15, 0.2) is 6.61 Å². The van der Waals surface area contributed by atoms with E-state index in [1.807, 2.05) is 42.5 Å². The summed E-state index contributed by atoms with van der Waals surface area (Å²) in [6.07, 6.45) is 1.27. The third-order valence-electron chi connectivity index (χ3n) is 4.47. The Kier molecular flexibility index (Phi) is 6.06. The maximum Gasteiger partial charge on any atom is 0.258 e. The van der Waals surface area contributed by atoms with E-state index in [0.717, 1.165) is 16.7 Å². The average Bonchev–Trinajstić information content (AvgIpc) is 3.33. The highest BCUT2D eigenvalue weighted by Gasteiger charge is 2.17. The minimum atomic E-state index is -0.306. The van der Waals surface area contributed by atoms with E-state index in [2.05, 4.69) is 15.5 Å². The maximum atomic E-state index is 12.6. The molecule has 150 valence electrons. The molecule has 0 aliphatic rings. The first-order valence-corrected chi connectivity index (χ1v) is 9.66. The van der Waals surface area contributed by atoms with E-state index in [1.165, 1.54) is 6.39 Å². The smallest absolute Gasteiger partial charge is 0.258 e. The van der Waals surface area contributed by atoms with Gasteiger partial charge < -0.3 is 14.5 Å². The van der Waals surface area contributed by atoms with Crippen LogP contribution in [0.1, 0.15) is 17.2 Å². The number of benzene rings is 3. The van der Waals surface area contributed by atoms with Gasteiger partial charge in [0, 0.05) is 10.6 Å². The van der Waals surface area contributed by atoms with Crippen LogP contribution in [-0.2, 0) is 4.79 Å². The number of amides is 1. The number of nitrogens with one attached hydrogen (secondary N) is 1. The largest absolute Gasteiger partial charge is 0.484 e. The Labute approximate surface area is 178 Å². The van der Waals surface area contributed by atoms with Crippen molar-refractivity contribution in [3.63, 3.8) is 0 Å². The third kappa shape index (κ3) is 4.85. The normalized spacial score (nSPS) is 11.6. The summed E-state index contributed by atoms with van der Waals surface area (Å²) in [6.45, 7) is -0.114. The zero-order valence-electron chi connectivity index (χ0n) is 15.9. The molecule has 1 aromatic heterocycles. The van der Waals surface area contributed by atoms with Gasteiger partial charge in [0.1, 0.15) is 5.75 Å². The van der Waals surface area contributed by atoms with Crippen LogP contribution in [0.2, 0.25) is 5.02 Å². The maximum absolute atomic E-state index is 12.6. The van der Waals surface area contributed by atoms with Gasteiger partial charge in [-0.25, -0.2) is 0 Å². The summed E-state index contributed by atoms with van der Waals surface area (Å²) in [7, 11) is 0. The van der Waals surface area contributed by atoms with Crippen molar-refractivity contribution in [3.8, 4) is 17.2 Å². The van der Waals surface area contributed by atoms with E-state index in [0.29, 0.717) is 16.7 Å². The fourth-order valence-electron chi connectivity index (χ4n) is 3.00. The lowest BCUT2D eigenvalue weighted by molar-refractivity contribution is -0.123. The van der Waals surface area contributed by atoms with Crippen LogP contribution in [-0.4, -0.2) is 22.7 Å². The molecule has 4 rings (SSSR count). The third-order valence-corrected chi connectivity index (χ3v) is 4.72. The Morgan fingerprint density at radius 2 is 1.67 bits per heavy atom. The van der Waals surface area contributed by atoms with E-state index in [4.69, 9.17) is 20.8 Å². The van der Waals surface area contributed by atoms with Gasteiger partial charge in [-0.3, -0.25) is 4.79 Å². The van der Waals surface area contributed by atoms with Crippen LogP contribution >= 0.6 is 11.6 Å². The number of rotatable bonds is 7. The molecule has 6 nitrogen and oxygen atoms in total. The quantitative estimate of drug-likeness (QED) is 0.470. The number of halogens is 1. The first kappa shape index (κ1) is 19.7. The Hall–Kier alpha value is -3.64. The van der Waals surface area contributed by atoms with Crippen molar-refractivity contribution in [2.24, 2.45) is 0 Å². The lowest BCUT2D eigenvalue weighted by Crippen LogP contribution is -2.33. The molecule has 1 unspecified atom stereocenters. The summed E-state index contributed by atoms with van der Waals surface area (Å²) in [6, 6.07) is 23.9. The van der Waals surface area contributed by atoms with Crippen molar-refractivity contribution >= 4 is 17.5 Å². The second kappa shape index (κ2) is 9.24. The van der Waals surface area contributed by atoms with E-state index in [-0.39, 0.29) is 18.6 Å². The van der Waals surface area contributed by atoms with Crippen molar-refractivity contribution in [1.29, 1.82) is 0 Å². The van der Waals surface area contributed by atoms with Gasteiger partial charge in [-0.2, -0.15) is 0 Å². The van der Waals surface area contributed by atoms with Crippen molar-refractivity contribution in [2.75, 3.05) is 6.61 Å². The number of carbonyl (C=O) groups excluding carboxylic acids is 1. The minimum Gasteiger partial charge on any atom is -0.484 e.